The Hall–Kier alpha value is 0.150. The molecule has 0 saturated heterocycles. The van der Waals surface area contributed by atoms with Gasteiger partial charge in [0.15, 0.2) is 0 Å². The van der Waals surface area contributed by atoms with Crippen molar-refractivity contribution in [1.82, 2.24) is 0 Å². The minimum Gasteiger partial charge on any atom is -0.300 e. The van der Waals surface area contributed by atoms with Crippen molar-refractivity contribution in [2.45, 2.75) is 97.8 Å². The van der Waals surface area contributed by atoms with Crippen molar-refractivity contribution in [2.24, 2.45) is 5.41 Å². The lowest BCUT2D eigenvalue weighted by atomic mass is 9.89. The summed E-state index contributed by atoms with van der Waals surface area (Å²) in [6.07, 6.45) is 14.2. The standard InChI is InChI=1S/C18H35BrO/c1-18(2,3)15-12-14-17(20)13-10-8-6-4-5-7-9-11-16-19/h4-16H2,1-3H3. The SMILES string of the molecule is CC(C)(C)CCCC(=O)CCCCCCCCCCBr. The number of ketones is 1. The van der Waals surface area contributed by atoms with Crippen LogP contribution in [-0.2, 0) is 4.79 Å². The molecule has 0 bridgehead atoms. The van der Waals surface area contributed by atoms with Gasteiger partial charge in [0.1, 0.15) is 5.78 Å². The van der Waals surface area contributed by atoms with Crippen molar-refractivity contribution in [3.8, 4) is 0 Å². The monoisotopic (exact) mass is 346 g/mol. The molecule has 2 heteroatoms. The molecule has 0 unspecified atom stereocenters. The van der Waals surface area contributed by atoms with Gasteiger partial charge >= 0.3 is 0 Å². The molecule has 0 atom stereocenters. The molecular weight excluding hydrogens is 312 g/mol. The first kappa shape index (κ1) is 20.1. The number of carbonyl (C=O) groups is 1. The zero-order valence-electron chi connectivity index (χ0n) is 14.0. The summed E-state index contributed by atoms with van der Waals surface area (Å²) in [5.41, 5.74) is 0.370. The maximum absolute atomic E-state index is 11.7. The number of alkyl halides is 1. The van der Waals surface area contributed by atoms with Gasteiger partial charge in [0.25, 0.3) is 0 Å². The normalized spacial score (nSPS) is 11.8. The van der Waals surface area contributed by atoms with Crippen LogP contribution in [0.5, 0.6) is 0 Å². The molecule has 0 amide bonds. The highest BCUT2D eigenvalue weighted by Gasteiger charge is 2.10. The van der Waals surface area contributed by atoms with E-state index in [1.165, 1.54) is 44.9 Å². The zero-order valence-corrected chi connectivity index (χ0v) is 15.6. The first-order valence-corrected chi connectivity index (χ1v) is 9.65. The Labute approximate surface area is 135 Å². The van der Waals surface area contributed by atoms with E-state index in [0.717, 1.165) is 37.4 Å². The summed E-state index contributed by atoms with van der Waals surface area (Å²) in [7, 11) is 0. The summed E-state index contributed by atoms with van der Waals surface area (Å²) in [4.78, 5) is 11.7. The average molecular weight is 347 g/mol. The van der Waals surface area contributed by atoms with E-state index in [1.807, 2.05) is 0 Å². The van der Waals surface area contributed by atoms with Gasteiger partial charge in [-0.2, -0.15) is 0 Å². The third-order valence-electron chi connectivity index (χ3n) is 3.72. The fourth-order valence-corrected chi connectivity index (χ4v) is 2.81. The molecule has 1 nitrogen and oxygen atoms in total. The quantitative estimate of drug-likeness (QED) is 0.268. The van der Waals surface area contributed by atoms with Gasteiger partial charge in [0.2, 0.25) is 0 Å². The first-order chi connectivity index (χ1) is 9.45. The summed E-state index contributed by atoms with van der Waals surface area (Å²) in [5.74, 6) is 0.478. The highest BCUT2D eigenvalue weighted by molar-refractivity contribution is 9.09. The molecule has 0 N–H and O–H groups in total. The highest BCUT2D eigenvalue weighted by atomic mass is 79.9. The number of hydrogen-bond donors (Lipinski definition) is 0. The third-order valence-corrected chi connectivity index (χ3v) is 4.28. The highest BCUT2D eigenvalue weighted by Crippen LogP contribution is 2.22. The van der Waals surface area contributed by atoms with Crippen molar-refractivity contribution in [2.75, 3.05) is 5.33 Å². The fraction of sp³-hybridized carbons (Fsp3) is 0.944. The summed E-state index contributed by atoms with van der Waals surface area (Å²) < 4.78 is 0. The van der Waals surface area contributed by atoms with Gasteiger partial charge in [0.05, 0.1) is 0 Å². The molecule has 0 rings (SSSR count). The molecule has 0 aliphatic carbocycles. The van der Waals surface area contributed by atoms with Crippen molar-refractivity contribution >= 4 is 21.7 Å². The third kappa shape index (κ3) is 16.2. The van der Waals surface area contributed by atoms with Crippen LogP contribution in [-0.4, -0.2) is 11.1 Å². The number of unbranched alkanes of at least 4 members (excludes halogenated alkanes) is 7. The number of Topliss-reactive ketones (excluding diaryl/α,β-unsaturated/α-hetero) is 1. The van der Waals surface area contributed by atoms with E-state index in [2.05, 4.69) is 36.7 Å². The Morgan fingerprint density at radius 3 is 1.70 bits per heavy atom. The Bertz CT molecular complexity index is 230. The summed E-state index contributed by atoms with van der Waals surface area (Å²) in [6.45, 7) is 6.74. The van der Waals surface area contributed by atoms with Gasteiger partial charge < -0.3 is 0 Å². The molecule has 0 aromatic carbocycles. The average Bonchev–Trinajstić information content (AvgIpc) is 2.35. The fourth-order valence-electron chi connectivity index (χ4n) is 2.42. The minimum absolute atomic E-state index is 0.370. The Kier molecular flexibility index (Phi) is 13.0. The van der Waals surface area contributed by atoms with E-state index in [-0.39, 0.29) is 0 Å². The van der Waals surface area contributed by atoms with Crippen molar-refractivity contribution in [1.29, 1.82) is 0 Å². The Morgan fingerprint density at radius 1 is 0.750 bits per heavy atom. The molecule has 0 aromatic rings. The minimum atomic E-state index is 0.370. The zero-order chi connectivity index (χ0) is 15.3. The predicted molar refractivity (Wildman–Crippen MR) is 93.7 cm³/mol. The molecule has 0 spiro atoms. The number of rotatable bonds is 13. The van der Waals surface area contributed by atoms with Crippen LogP contribution in [0, 0.1) is 5.41 Å². The smallest absolute Gasteiger partial charge is 0.132 e. The lowest BCUT2D eigenvalue weighted by Crippen LogP contribution is -2.06. The van der Waals surface area contributed by atoms with Crippen LogP contribution in [0.4, 0.5) is 0 Å². The molecule has 0 fully saturated rings. The molecule has 0 aromatic heterocycles. The van der Waals surface area contributed by atoms with E-state index in [1.54, 1.807) is 0 Å². The van der Waals surface area contributed by atoms with Gasteiger partial charge in [-0.25, -0.2) is 0 Å². The van der Waals surface area contributed by atoms with Crippen LogP contribution < -0.4 is 0 Å². The molecule has 0 heterocycles. The van der Waals surface area contributed by atoms with Crippen molar-refractivity contribution in [3.05, 3.63) is 0 Å². The molecule has 0 aliphatic rings. The van der Waals surface area contributed by atoms with Crippen LogP contribution in [0.3, 0.4) is 0 Å². The Morgan fingerprint density at radius 2 is 1.20 bits per heavy atom. The van der Waals surface area contributed by atoms with Crippen LogP contribution in [0.25, 0.3) is 0 Å². The van der Waals surface area contributed by atoms with Gasteiger partial charge in [-0.15, -0.1) is 0 Å². The lowest BCUT2D eigenvalue weighted by molar-refractivity contribution is -0.119. The second-order valence-corrected chi connectivity index (χ2v) is 8.01. The van der Waals surface area contributed by atoms with Crippen molar-refractivity contribution < 1.29 is 4.79 Å². The second kappa shape index (κ2) is 12.9. The Balaban J connectivity index is 3.23. The molecular formula is C18H35BrO. The molecule has 120 valence electrons. The van der Waals surface area contributed by atoms with E-state index in [0.29, 0.717) is 11.2 Å². The van der Waals surface area contributed by atoms with Crippen LogP contribution in [0.15, 0.2) is 0 Å². The first-order valence-electron chi connectivity index (χ1n) is 8.53. The van der Waals surface area contributed by atoms with E-state index in [4.69, 9.17) is 0 Å². The largest absolute Gasteiger partial charge is 0.300 e. The lowest BCUT2D eigenvalue weighted by Gasteiger charge is -2.17. The van der Waals surface area contributed by atoms with E-state index < -0.39 is 0 Å². The molecule has 0 radical (unpaired) electrons. The molecule has 0 aliphatic heterocycles. The molecule has 20 heavy (non-hydrogen) atoms. The van der Waals surface area contributed by atoms with Crippen LogP contribution in [0.1, 0.15) is 97.8 Å². The van der Waals surface area contributed by atoms with Crippen molar-refractivity contribution in [3.63, 3.8) is 0 Å². The van der Waals surface area contributed by atoms with E-state index in [9.17, 15) is 4.79 Å². The van der Waals surface area contributed by atoms with Crippen LogP contribution in [0.2, 0.25) is 0 Å². The maximum Gasteiger partial charge on any atom is 0.132 e. The van der Waals surface area contributed by atoms with Gasteiger partial charge in [-0.3, -0.25) is 4.79 Å². The topological polar surface area (TPSA) is 17.1 Å². The van der Waals surface area contributed by atoms with Gasteiger partial charge in [0, 0.05) is 18.2 Å². The predicted octanol–water partition coefficient (Wildman–Crippen LogP) is 6.68. The van der Waals surface area contributed by atoms with Crippen LogP contribution >= 0.6 is 15.9 Å². The maximum atomic E-state index is 11.7. The van der Waals surface area contributed by atoms with Gasteiger partial charge in [-0.1, -0.05) is 75.2 Å². The second-order valence-electron chi connectivity index (χ2n) is 7.22. The summed E-state index contributed by atoms with van der Waals surface area (Å²) in [5, 5.41) is 1.14. The number of halogens is 1. The number of hydrogen-bond acceptors (Lipinski definition) is 1. The summed E-state index contributed by atoms with van der Waals surface area (Å²) >= 11 is 3.46. The van der Waals surface area contributed by atoms with E-state index >= 15 is 0 Å². The molecule has 0 saturated carbocycles. The summed E-state index contributed by atoms with van der Waals surface area (Å²) in [6, 6.07) is 0. The van der Waals surface area contributed by atoms with Gasteiger partial charge in [-0.05, 0) is 31.1 Å². The number of carbonyl (C=O) groups excluding carboxylic acids is 1.